The van der Waals surface area contributed by atoms with E-state index in [1.54, 1.807) is 36.5 Å². The fourth-order valence-corrected chi connectivity index (χ4v) is 2.99. The van der Waals surface area contributed by atoms with Gasteiger partial charge in [-0.05, 0) is 36.2 Å². The standard InChI is InChI=1S/C17H17N5O5S/c18-28(25,26)13-6-4-12(5-7-13)8-10-20-15(23)11-22-16(21-27-17(22)24)14-3-1-2-9-19-14/h1-7,9H,8,10-11H2,(H,20,23)(H2,18,25,26). The molecular weight excluding hydrogens is 386 g/mol. The molecule has 3 rings (SSSR count). The summed E-state index contributed by atoms with van der Waals surface area (Å²) in [5.74, 6) is -0.989. The van der Waals surface area contributed by atoms with Crippen LogP contribution in [0.2, 0.25) is 0 Å². The van der Waals surface area contributed by atoms with Crippen LogP contribution >= 0.6 is 0 Å². The lowest BCUT2D eigenvalue weighted by molar-refractivity contribution is -0.121. The molecule has 3 N–H and O–H groups in total. The molecule has 2 heterocycles. The van der Waals surface area contributed by atoms with Gasteiger partial charge in [-0.2, -0.15) is 0 Å². The number of pyridine rings is 1. The first kappa shape index (κ1) is 19.5. The SMILES string of the molecule is NS(=O)(=O)c1ccc(CCNC(=O)Cn2c(-c3ccccn3)noc2=O)cc1. The number of sulfonamides is 1. The van der Waals surface area contributed by atoms with E-state index in [9.17, 15) is 18.0 Å². The minimum atomic E-state index is -3.74. The Labute approximate surface area is 160 Å². The predicted molar refractivity (Wildman–Crippen MR) is 98.5 cm³/mol. The van der Waals surface area contributed by atoms with Crippen molar-refractivity contribution >= 4 is 15.9 Å². The third kappa shape index (κ3) is 4.69. The maximum Gasteiger partial charge on any atom is 0.442 e. The highest BCUT2D eigenvalue weighted by atomic mass is 32.2. The number of nitrogens with zero attached hydrogens (tertiary/aromatic N) is 3. The number of carbonyl (C=O) groups is 1. The van der Waals surface area contributed by atoms with E-state index in [4.69, 9.17) is 5.14 Å². The van der Waals surface area contributed by atoms with Crippen LogP contribution in [0.25, 0.3) is 11.5 Å². The minimum Gasteiger partial charge on any atom is -0.354 e. The van der Waals surface area contributed by atoms with Crippen LogP contribution < -0.4 is 16.2 Å². The molecule has 0 atom stereocenters. The number of carbonyl (C=O) groups excluding carboxylic acids is 1. The van der Waals surface area contributed by atoms with Crippen LogP contribution in [0.3, 0.4) is 0 Å². The van der Waals surface area contributed by atoms with E-state index >= 15 is 0 Å². The summed E-state index contributed by atoms with van der Waals surface area (Å²) >= 11 is 0. The molecule has 0 aliphatic carbocycles. The highest BCUT2D eigenvalue weighted by Crippen LogP contribution is 2.11. The number of benzene rings is 1. The van der Waals surface area contributed by atoms with Crippen LogP contribution in [-0.2, 0) is 27.8 Å². The number of aromatic nitrogens is 3. The zero-order chi connectivity index (χ0) is 20.1. The van der Waals surface area contributed by atoms with Gasteiger partial charge in [0.1, 0.15) is 12.2 Å². The van der Waals surface area contributed by atoms with Crippen molar-refractivity contribution in [3.63, 3.8) is 0 Å². The van der Waals surface area contributed by atoms with E-state index in [-0.39, 0.29) is 17.3 Å². The summed E-state index contributed by atoms with van der Waals surface area (Å²) < 4.78 is 28.2. The van der Waals surface area contributed by atoms with Crippen molar-refractivity contribution in [3.05, 3.63) is 64.8 Å². The first-order chi connectivity index (χ1) is 13.3. The van der Waals surface area contributed by atoms with Gasteiger partial charge in [0.2, 0.25) is 21.8 Å². The van der Waals surface area contributed by atoms with Crippen molar-refractivity contribution in [2.75, 3.05) is 6.54 Å². The molecule has 1 aromatic carbocycles. The minimum absolute atomic E-state index is 0.0224. The van der Waals surface area contributed by atoms with Gasteiger partial charge in [0, 0.05) is 12.7 Å². The lowest BCUT2D eigenvalue weighted by Crippen LogP contribution is -2.32. The fraction of sp³-hybridized carbons (Fsp3) is 0.176. The van der Waals surface area contributed by atoms with E-state index in [1.807, 2.05) is 0 Å². The molecule has 11 heteroatoms. The first-order valence-corrected chi connectivity index (χ1v) is 9.75. The third-order valence-corrected chi connectivity index (χ3v) is 4.80. The largest absolute Gasteiger partial charge is 0.442 e. The molecule has 0 unspecified atom stereocenters. The molecule has 146 valence electrons. The molecule has 0 radical (unpaired) electrons. The lowest BCUT2D eigenvalue weighted by atomic mass is 10.1. The summed E-state index contributed by atoms with van der Waals surface area (Å²) in [4.78, 5) is 28.1. The Kier molecular flexibility index (Phi) is 5.66. The van der Waals surface area contributed by atoms with E-state index in [0.29, 0.717) is 18.7 Å². The fourth-order valence-electron chi connectivity index (χ4n) is 2.48. The van der Waals surface area contributed by atoms with Crippen LogP contribution in [0, 0.1) is 0 Å². The quantitative estimate of drug-likeness (QED) is 0.559. The van der Waals surface area contributed by atoms with Gasteiger partial charge in [-0.1, -0.05) is 23.4 Å². The van der Waals surface area contributed by atoms with Crippen LogP contribution in [-0.4, -0.2) is 35.6 Å². The van der Waals surface area contributed by atoms with Crippen LogP contribution in [0.1, 0.15) is 5.56 Å². The van der Waals surface area contributed by atoms with E-state index < -0.39 is 21.7 Å². The summed E-state index contributed by atoms with van der Waals surface area (Å²) in [5.41, 5.74) is 1.24. The second kappa shape index (κ2) is 8.15. The number of amides is 1. The van der Waals surface area contributed by atoms with Crippen LogP contribution in [0.5, 0.6) is 0 Å². The highest BCUT2D eigenvalue weighted by Gasteiger charge is 2.16. The van der Waals surface area contributed by atoms with E-state index in [0.717, 1.165) is 10.1 Å². The van der Waals surface area contributed by atoms with Crippen LogP contribution in [0.15, 0.2) is 62.9 Å². The van der Waals surface area contributed by atoms with Gasteiger partial charge in [0.25, 0.3) is 0 Å². The lowest BCUT2D eigenvalue weighted by Gasteiger charge is -2.07. The number of hydrogen-bond donors (Lipinski definition) is 2. The van der Waals surface area contributed by atoms with Gasteiger partial charge in [-0.3, -0.25) is 14.3 Å². The van der Waals surface area contributed by atoms with Crippen molar-refractivity contribution in [1.82, 2.24) is 20.0 Å². The summed E-state index contributed by atoms with van der Waals surface area (Å²) in [6.07, 6.45) is 2.02. The highest BCUT2D eigenvalue weighted by molar-refractivity contribution is 7.89. The topological polar surface area (TPSA) is 150 Å². The van der Waals surface area contributed by atoms with Crippen molar-refractivity contribution in [1.29, 1.82) is 0 Å². The Bertz CT molecular complexity index is 1120. The molecule has 0 aliphatic heterocycles. The molecule has 3 aromatic rings. The molecule has 2 aromatic heterocycles. The molecule has 0 spiro atoms. The zero-order valence-corrected chi connectivity index (χ0v) is 15.4. The van der Waals surface area contributed by atoms with Gasteiger partial charge in [0.15, 0.2) is 0 Å². The Morgan fingerprint density at radius 2 is 1.93 bits per heavy atom. The Hall–Kier alpha value is -3.31. The molecule has 0 saturated carbocycles. The van der Waals surface area contributed by atoms with Crippen LogP contribution in [0.4, 0.5) is 0 Å². The molecule has 0 saturated heterocycles. The third-order valence-electron chi connectivity index (χ3n) is 3.87. The molecule has 28 heavy (non-hydrogen) atoms. The number of rotatable bonds is 7. The van der Waals surface area contributed by atoms with Crippen molar-refractivity contribution in [3.8, 4) is 11.5 Å². The maximum atomic E-state index is 12.2. The summed E-state index contributed by atoms with van der Waals surface area (Å²) in [6.45, 7) is 0.0328. The number of hydrogen-bond acceptors (Lipinski definition) is 7. The maximum absolute atomic E-state index is 12.2. The number of nitrogens with one attached hydrogen (secondary N) is 1. The Morgan fingerprint density at radius 1 is 1.18 bits per heavy atom. The smallest absolute Gasteiger partial charge is 0.354 e. The van der Waals surface area contributed by atoms with Crippen molar-refractivity contribution < 1.29 is 17.7 Å². The molecule has 0 fully saturated rings. The van der Waals surface area contributed by atoms with Gasteiger partial charge in [-0.25, -0.2) is 22.9 Å². The predicted octanol–water partition coefficient (Wildman–Crippen LogP) is -0.0954. The normalized spacial score (nSPS) is 11.3. The molecule has 10 nitrogen and oxygen atoms in total. The zero-order valence-electron chi connectivity index (χ0n) is 14.6. The molecule has 0 bridgehead atoms. The first-order valence-electron chi connectivity index (χ1n) is 8.21. The monoisotopic (exact) mass is 403 g/mol. The van der Waals surface area contributed by atoms with Gasteiger partial charge < -0.3 is 5.32 Å². The van der Waals surface area contributed by atoms with E-state index in [1.165, 1.54) is 12.1 Å². The Balaban J connectivity index is 1.58. The second-order valence-corrected chi connectivity index (χ2v) is 7.42. The van der Waals surface area contributed by atoms with E-state index in [2.05, 4.69) is 20.0 Å². The number of primary sulfonamides is 1. The molecular formula is C17H17N5O5S. The summed E-state index contributed by atoms with van der Waals surface area (Å²) in [5, 5.41) is 11.4. The average Bonchev–Trinajstić information content (AvgIpc) is 3.02. The molecule has 1 amide bonds. The average molecular weight is 403 g/mol. The van der Waals surface area contributed by atoms with Crippen molar-refractivity contribution in [2.45, 2.75) is 17.9 Å². The van der Waals surface area contributed by atoms with Crippen molar-refractivity contribution in [2.24, 2.45) is 5.14 Å². The summed E-state index contributed by atoms with van der Waals surface area (Å²) in [7, 11) is -3.74. The van der Waals surface area contributed by atoms with Gasteiger partial charge in [0.05, 0.1) is 4.90 Å². The Morgan fingerprint density at radius 3 is 2.57 bits per heavy atom. The molecule has 0 aliphatic rings. The summed E-state index contributed by atoms with van der Waals surface area (Å²) in [6, 6.07) is 11.1. The number of nitrogens with two attached hydrogens (primary N) is 1. The van der Waals surface area contributed by atoms with Gasteiger partial charge in [-0.15, -0.1) is 0 Å². The second-order valence-electron chi connectivity index (χ2n) is 5.86. The van der Waals surface area contributed by atoms with Gasteiger partial charge >= 0.3 is 5.76 Å².